The van der Waals surface area contributed by atoms with Gasteiger partial charge >= 0.3 is 5.91 Å². The van der Waals surface area contributed by atoms with E-state index in [1.54, 1.807) is 31.5 Å². The number of amides is 1. The Morgan fingerprint density at radius 3 is 2.69 bits per heavy atom. The third-order valence-electron chi connectivity index (χ3n) is 2.49. The predicted octanol–water partition coefficient (Wildman–Crippen LogP) is 1.79. The van der Waals surface area contributed by atoms with Crippen LogP contribution in [0, 0.1) is 11.1 Å². The van der Waals surface area contributed by atoms with Gasteiger partial charge < -0.3 is 10.5 Å². The lowest BCUT2D eigenvalue weighted by Crippen LogP contribution is -2.14. The summed E-state index contributed by atoms with van der Waals surface area (Å²) in [5.74, 6) is -0.528. The molecule has 1 aliphatic carbocycles. The van der Waals surface area contributed by atoms with Gasteiger partial charge in [0.25, 0.3) is 0 Å². The third-order valence-corrected chi connectivity index (χ3v) is 2.49. The number of carbonyl (C=O) groups excluding carboxylic acids is 1. The molecule has 0 aromatic heterocycles. The van der Waals surface area contributed by atoms with E-state index >= 15 is 0 Å². The number of hydroxylamine groups is 1. The molecule has 0 bridgehead atoms. The second kappa shape index (κ2) is 4.30. The van der Waals surface area contributed by atoms with Crippen molar-refractivity contribution in [3.8, 4) is 0 Å². The van der Waals surface area contributed by atoms with Crippen LogP contribution in [0.4, 0.5) is 0 Å². The first-order valence-corrected chi connectivity index (χ1v) is 5.21. The van der Waals surface area contributed by atoms with Crippen molar-refractivity contribution in [3.05, 3.63) is 41.0 Å². The van der Waals surface area contributed by atoms with Gasteiger partial charge in [-0.2, -0.15) is 0 Å². The average Bonchev–Trinajstić information content (AvgIpc) is 3.13. The Kier molecular flexibility index (Phi) is 2.85. The number of nitrogens with zero attached hydrogens (tertiary/aromatic N) is 2. The van der Waals surface area contributed by atoms with Crippen LogP contribution in [0.3, 0.4) is 0 Å². The summed E-state index contributed by atoms with van der Waals surface area (Å²) in [6.45, 7) is 1.71. The number of allylic oxidation sites excluding steroid dienone is 4. The van der Waals surface area contributed by atoms with Crippen molar-refractivity contribution in [2.24, 2.45) is 11.0 Å². The molecule has 2 aliphatic rings. The van der Waals surface area contributed by atoms with E-state index in [1.807, 2.05) is 0 Å². The summed E-state index contributed by atoms with van der Waals surface area (Å²) in [6.07, 6.45) is 8.71. The normalized spacial score (nSPS) is 19.6. The molecule has 5 heteroatoms. The highest BCUT2D eigenvalue weighted by Crippen LogP contribution is 2.30. The van der Waals surface area contributed by atoms with Crippen molar-refractivity contribution in [2.75, 3.05) is 0 Å². The Morgan fingerprint density at radius 1 is 1.50 bits per heavy atom. The monoisotopic (exact) mass is 219 g/mol. The van der Waals surface area contributed by atoms with Crippen LogP contribution >= 0.6 is 0 Å². The van der Waals surface area contributed by atoms with Crippen molar-refractivity contribution in [1.82, 2.24) is 5.32 Å². The Bertz CT molecular complexity index is 415. The molecule has 1 saturated carbocycles. The zero-order valence-corrected chi connectivity index (χ0v) is 9.01. The third kappa shape index (κ3) is 2.36. The largest absolute Gasteiger partial charge is 0.592 e. The van der Waals surface area contributed by atoms with Crippen molar-refractivity contribution >= 4 is 5.91 Å². The minimum absolute atomic E-state index is 0.0989. The first kappa shape index (κ1) is 10.6. The molecule has 0 unspecified atom stereocenters. The molecular formula is C11H13N3O2. The fourth-order valence-electron chi connectivity index (χ4n) is 1.36. The smallest absolute Gasteiger partial charge is 0.426 e. The van der Waals surface area contributed by atoms with E-state index < -0.39 is 5.91 Å². The van der Waals surface area contributed by atoms with E-state index in [4.69, 9.17) is 0 Å². The molecule has 0 aromatic rings. The summed E-state index contributed by atoms with van der Waals surface area (Å²) in [4.78, 5) is 11.6. The maximum atomic E-state index is 11.4. The van der Waals surface area contributed by atoms with Crippen molar-refractivity contribution in [2.45, 2.75) is 19.8 Å². The topological polar surface area (TPSA) is 67.5 Å². The van der Waals surface area contributed by atoms with Crippen LogP contribution in [0.25, 0.3) is 0 Å². The minimum atomic E-state index is -0.429. The van der Waals surface area contributed by atoms with Gasteiger partial charge in [0.2, 0.25) is 0 Å². The lowest BCUT2D eigenvalue weighted by molar-refractivity contribution is -0.449. The SMILES string of the molecule is CC(N=[N+]([O-])C(=O)C1CC1)=C1C=CNC=C1. The highest BCUT2D eigenvalue weighted by Gasteiger charge is 2.37. The summed E-state index contributed by atoms with van der Waals surface area (Å²) < 4.78 is 0. The minimum Gasteiger partial charge on any atom is -0.592 e. The quantitative estimate of drug-likeness (QED) is 0.437. The van der Waals surface area contributed by atoms with Crippen molar-refractivity contribution in [1.29, 1.82) is 0 Å². The van der Waals surface area contributed by atoms with Crippen LogP contribution in [0.15, 0.2) is 40.9 Å². The number of hydrogen-bond donors (Lipinski definition) is 1. The van der Waals surface area contributed by atoms with E-state index in [0.717, 1.165) is 18.4 Å². The van der Waals surface area contributed by atoms with Crippen LogP contribution in [0.5, 0.6) is 0 Å². The maximum absolute atomic E-state index is 11.4. The van der Waals surface area contributed by atoms with Crippen LogP contribution in [0.2, 0.25) is 0 Å². The first-order chi connectivity index (χ1) is 7.68. The van der Waals surface area contributed by atoms with Crippen LogP contribution in [0.1, 0.15) is 19.8 Å². The predicted molar refractivity (Wildman–Crippen MR) is 57.9 cm³/mol. The molecule has 1 heterocycles. The number of dihydropyridines is 1. The Labute approximate surface area is 93.4 Å². The average molecular weight is 219 g/mol. The summed E-state index contributed by atoms with van der Waals surface area (Å²) in [5, 5.41) is 18.0. The molecule has 0 atom stereocenters. The van der Waals surface area contributed by atoms with Crippen LogP contribution in [-0.2, 0) is 4.79 Å². The van der Waals surface area contributed by atoms with Crippen molar-refractivity contribution in [3.63, 3.8) is 0 Å². The van der Waals surface area contributed by atoms with Gasteiger partial charge in [-0.1, -0.05) is 0 Å². The van der Waals surface area contributed by atoms with E-state index in [-0.39, 0.29) is 10.8 Å². The highest BCUT2D eigenvalue weighted by atomic mass is 16.5. The van der Waals surface area contributed by atoms with Gasteiger partial charge in [-0.3, -0.25) is 0 Å². The molecule has 84 valence electrons. The molecule has 1 aliphatic heterocycles. The van der Waals surface area contributed by atoms with Gasteiger partial charge in [-0.15, -0.1) is 0 Å². The lowest BCUT2D eigenvalue weighted by Gasteiger charge is -2.03. The molecule has 0 aromatic carbocycles. The van der Waals surface area contributed by atoms with E-state index in [9.17, 15) is 10.0 Å². The molecule has 1 fully saturated rings. The molecular weight excluding hydrogens is 206 g/mol. The molecule has 0 saturated heterocycles. The second-order valence-corrected chi connectivity index (χ2v) is 3.86. The van der Waals surface area contributed by atoms with Crippen LogP contribution in [-0.4, -0.2) is 10.8 Å². The number of nitrogens with one attached hydrogen (secondary N) is 1. The summed E-state index contributed by atoms with van der Waals surface area (Å²) >= 11 is 0. The van der Waals surface area contributed by atoms with Gasteiger partial charge in [-0.25, -0.2) is 4.79 Å². The Hall–Kier alpha value is -1.91. The maximum Gasteiger partial charge on any atom is 0.426 e. The van der Waals surface area contributed by atoms with Crippen LogP contribution < -0.4 is 5.32 Å². The molecule has 1 N–H and O–H groups in total. The molecule has 1 amide bonds. The second-order valence-electron chi connectivity index (χ2n) is 3.86. The molecule has 16 heavy (non-hydrogen) atoms. The molecule has 0 spiro atoms. The molecule has 5 nitrogen and oxygen atoms in total. The summed E-state index contributed by atoms with van der Waals surface area (Å²) in [7, 11) is 0. The number of rotatable bonds is 2. The molecule has 0 radical (unpaired) electrons. The number of azo groups is 1. The Morgan fingerprint density at radius 2 is 2.12 bits per heavy atom. The van der Waals surface area contributed by atoms with Gasteiger partial charge in [0, 0.05) is 23.1 Å². The highest BCUT2D eigenvalue weighted by molar-refractivity contribution is 5.72. The van der Waals surface area contributed by atoms with E-state index in [0.29, 0.717) is 5.70 Å². The summed E-state index contributed by atoms with van der Waals surface area (Å²) in [5.41, 5.74) is 1.36. The van der Waals surface area contributed by atoms with E-state index in [1.165, 1.54) is 0 Å². The van der Waals surface area contributed by atoms with Crippen molar-refractivity contribution < 1.29 is 9.66 Å². The fourth-order valence-corrected chi connectivity index (χ4v) is 1.36. The number of hydrogen-bond acceptors (Lipinski definition) is 4. The summed E-state index contributed by atoms with van der Waals surface area (Å²) in [6, 6.07) is 0. The zero-order chi connectivity index (χ0) is 11.5. The standard InChI is InChI=1S/C11H13N3O2/c1-8(9-4-6-12-7-5-9)13-14(16)11(15)10-2-3-10/h4-7,10,12H,2-3H2,1H3. The zero-order valence-electron chi connectivity index (χ0n) is 9.01. The number of carbonyl (C=O) groups is 1. The lowest BCUT2D eigenvalue weighted by atomic mass is 10.2. The van der Waals surface area contributed by atoms with Gasteiger partial charge in [0.05, 0.1) is 5.92 Å². The molecule has 2 rings (SSSR count). The first-order valence-electron chi connectivity index (χ1n) is 5.21. The van der Waals surface area contributed by atoms with Gasteiger partial charge in [-0.05, 0) is 36.8 Å². The van der Waals surface area contributed by atoms with Gasteiger partial charge in [0.15, 0.2) is 0 Å². The fraction of sp³-hybridized carbons (Fsp3) is 0.364. The van der Waals surface area contributed by atoms with E-state index in [2.05, 4.69) is 10.4 Å². The van der Waals surface area contributed by atoms with Gasteiger partial charge in [0.1, 0.15) is 5.70 Å². The Balaban J connectivity index is 2.15.